The second kappa shape index (κ2) is 6.05. The van der Waals surface area contributed by atoms with E-state index in [2.05, 4.69) is 9.46 Å². The Morgan fingerprint density at radius 2 is 2.00 bits per heavy atom. The molecule has 2 aromatic rings. The van der Waals surface area contributed by atoms with Crippen LogP contribution in [0.3, 0.4) is 0 Å². The van der Waals surface area contributed by atoms with Crippen LogP contribution in [0.2, 0.25) is 0 Å². The maximum Gasteiger partial charge on any atom is 0.349 e. The van der Waals surface area contributed by atoms with Crippen LogP contribution < -0.4 is 4.72 Å². The van der Waals surface area contributed by atoms with Crippen LogP contribution in [0, 0.1) is 19.7 Å². The van der Waals surface area contributed by atoms with Crippen molar-refractivity contribution < 1.29 is 22.3 Å². The molecule has 5 nitrogen and oxygen atoms in total. The number of carbonyl (C=O) groups excluding carboxylic acids is 1. The fourth-order valence-corrected chi connectivity index (χ4v) is 4.68. The van der Waals surface area contributed by atoms with Crippen molar-refractivity contribution in [2.24, 2.45) is 0 Å². The van der Waals surface area contributed by atoms with Crippen molar-refractivity contribution in [2.75, 3.05) is 11.8 Å². The molecule has 22 heavy (non-hydrogen) atoms. The average molecular weight is 343 g/mol. The van der Waals surface area contributed by atoms with E-state index in [1.807, 2.05) is 0 Å². The van der Waals surface area contributed by atoms with Crippen LogP contribution in [-0.4, -0.2) is 21.5 Å². The monoisotopic (exact) mass is 343 g/mol. The van der Waals surface area contributed by atoms with Gasteiger partial charge in [-0.25, -0.2) is 17.6 Å². The van der Waals surface area contributed by atoms with E-state index in [0.717, 1.165) is 11.3 Å². The number of benzene rings is 1. The predicted octanol–water partition coefficient (Wildman–Crippen LogP) is 3.09. The minimum absolute atomic E-state index is 0.0416. The number of thiophene rings is 1. The van der Waals surface area contributed by atoms with E-state index in [0.29, 0.717) is 11.1 Å². The minimum atomic E-state index is -4.10. The molecule has 0 amide bonds. The number of hydrogen-bond acceptors (Lipinski definition) is 5. The zero-order valence-corrected chi connectivity index (χ0v) is 13.8. The molecular formula is C14H14FNO4S2. The molecule has 1 aromatic carbocycles. The molecule has 0 aliphatic carbocycles. The highest BCUT2D eigenvalue weighted by molar-refractivity contribution is 7.93. The lowest BCUT2D eigenvalue weighted by Gasteiger charge is -2.10. The first kappa shape index (κ1) is 16.4. The van der Waals surface area contributed by atoms with Gasteiger partial charge in [0.2, 0.25) is 0 Å². The van der Waals surface area contributed by atoms with Crippen LogP contribution in [0.5, 0.6) is 0 Å². The number of aryl methyl sites for hydroxylation is 2. The van der Waals surface area contributed by atoms with Crippen LogP contribution in [0.15, 0.2) is 28.5 Å². The third kappa shape index (κ3) is 3.12. The zero-order valence-electron chi connectivity index (χ0n) is 12.1. The van der Waals surface area contributed by atoms with Crippen molar-refractivity contribution in [3.8, 4) is 0 Å². The Morgan fingerprint density at radius 3 is 2.59 bits per heavy atom. The van der Waals surface area contributed by atoms with Crippen LogP contribution in [0.25, 0.3) is 0 Å². The van der Waals surface area contributed by atoms with Crippen LogP contribution in [0.1, 0.15) is 20.8 Å². The lowest BCUT2D eigenvalue weighted by molar-refractivity contribution is 0.0602. The van der Waals surface area contributed by atoms with Gasteiger partial charge in [0, 0.05) is 0 Å². The lowest BCUT2D eigenvalue weighted by Crippen LogP contribution is -2.17. The van der Waals surface area contributed by atoms with Gasteiger partial charge in [0.15, 0.2) is 0 Å². The molecule has 0 fully saturated rings. The Kier molecular flexibility index (Phi) is 4.52. The second-order valence-electron chi connectivity index (χ2n) is 4.66. The minimum Gasteiger partial charge on any atom is -0.465 e. The van der Waals surface area contributed by atoms with Crippen LogP contribution >= 0.6 is 11.3 Å². The number of rotatable bonds is 4. The quantitative estimate of drug-likeness (QED) is 0.866. The molecule has 0 atom stereocenters. The second-order valence-corrected chi connectivity index (χ2v) is 7.16. The van der Waals surface area contributed by atoms with Crippen LogP contribution in [0.4, 0.5) is 10.1 Å². The van der Waals surface area contributed by atoms with E-state index in [1.165, 1.54) is 24.6 Å². The summed E-state index contributed by atoms with van der Waals surface area (Å²) in [5.41, 5.74) is 0.889. The van der Waals surface area contributed by atoms with Gasteiger partial charge in [0.05, 0.1) is 12.8 Å². The van der Waals surface area contributed by atoms with E-state index < -0.39 is 21.8 Å². The molecule has 2 rings (SSSR count). The number of esters is 1. The van der Waals surface area contributed by atoms with Gasteiger partial charge in [-0.2, -0.15) is 0 Å². The fourth-order valence-electron chi connectivity index (χ4n) is 1.90. The van der Waals surface area contributed by atoms with E-state index in [-0.39, 0.29) is 15.5 Å². The van der Waals surface area contributed by atoms with Gasteiger partial charge < -0.3 is 4.74 Å². The molecule has 0 aliphatic rings. The fraction of sp³-hybridized carbons (Fsp3) is 0.214. The van der Waals surface area contributed by atoms with Gasteiger partial charge in [-0.15, -0.1) is 11.3 Å². The summed E-state index contributed by atoms with van der Waals surface area (Å²) < 4.78 is 45.6. The summed E-state index contributed by atoms with van der Waals surface area (Å²) in [6.07, 6.45) is 0. The third-order valence-electron chi connectivity index (χ3n) is 2.93. The van der Waals surface area contributed by atoms with Gasteiger partial charge in [0.1, 0.15) is 15.6 Å². The molecule has 1 N–H and O–H groups in total. The predicted molar refractivity (Wildman–Crippen MR) is 82.3 cm³/mol. The Morgan fingerprint density at radius 1 is 1.32 bits per heavy atom. The number of ether oxygens (including phenoxy) is 1. The Hall–Kier alpha value is -1.93. The van der Waals surface area contributed by atoms with Crippen molar-refractivity contribution in [2.45, 2.75) is 18.7 Å². The van der Waals surface area contributed by atoms with Crippen molar-refractivity contribution in [3.63, 3.8) is 0 Å². The molecule has 0 bridgehead atoms. The van der Waals surface area contributed by atoms with E-state index in [9.17, 15) is 17.6 Å². The average Bonchev–Trinajstić information content (AvgIpc) is 2.84. The van der Waals surface area contributed by atoms with Gasteiger partial charge in [-0.3, -0.25) is 4.72 Å². The summed E-state index contributed by atoms with van der Waals surface area (Å²) in [7, 11) is -2.93. The summed E-state index contributed by atoms with van der Waals surface area (Å²) in [5.74, 6) is -1.43. The Balaban J connectivity index is 2.47. The third-order valence-corrected chi connectivity index (χ3v) is 5.69. The smallest absolute Gasteiger partial charge is 0.349 e. The maximum absolute atomic E-state index is 13.8. The van der Waals surface area contributed by atoms with Crippen molar-refractivity contribution >= 4 is 33.0 Å². The van der Waals surface area contributed by atoms with Crippen molar-refractivity contribution in [3.05, 3.63) is 45.4 Å². The summed E-state index contributed by atoms with van der Waals surface area (Å²) in [6, 6.07) is 4.14. The molecule has 0 aliphatic heterocycles. The van der Waals surface area contributed by atoms with Gasteiger partial charge in [-0.05, 0) is 42.5 Å². The highest BCUT2D eigenvalue weighted by Crippen LogP contribution is 2.30. The van der Waals surface area contributed by atoms with Gasteiger partial charge in [0.25, 0.3) is 10.0 Å². The number of nitrogens with one attached hydrogen (secondary N) is 1. The summed E-state index contributed by atoms with van der Waals surface area (Å²) in [5, 5.41) is 1.53. The van der Waals surface area contributed by atoms with Crippen molar-refractivity contribution in [1.82, 2.24) is 0 Å². The van der Waals surface area contributed by atoms with Crippen molar-refractivity contribution in [1.29, 1.82) is 0 Å². The topological polar surface area (TPSA) is 72.5 Å². The summed E-state index contributed by atoms with van der Waals surface area (Å²) >= 11 is 0.965. The molecule has 1 heterocycles. The number of sulfonamides is 1. The normalized spacial score (nSPS) is 11.3. The summed E-state index contributed by atoms with van der Waals surface area (Å²) in [6.45, 7) is 3.25. The number of halogens is 1. The first-order valence-electron chi connectivity index (χ1n) is 6.21. The summed E-state index contributed by atoms with van der Waals surface area (Å²) in [4.78, 5) is 11.4. The van der Waals surface area contributed by atoms with E-state index >= 15 is 0 Å². The molecule has 8 heteroatoms. The SMILES string of the molecule is COC(=O)c1scc(C)c1S(=O)(=O)Nc1ccc(C)cc1F. The first-order valence-corrected chi connectivity index (χ1v) is 8.58. The van der Waals surface area contributed by atoms with Gasteiger partial charge >= 0.3 is 5.97 Å². The number of hydrogen-bond donors (Lipinski definition) is 1. The van der Waals surface area contributed by atoms with Gasteiger partial charge in [-0.1, -0.05) is 6.07 Å². The molecule has 118 valence electrons. The standard InChI is InChI=1S/C14H14FNO4S2/c1-8-4-5-11(10(15)6-8)16-22(18,19)13-9(2)7-21-12(13)14(17)20-3/h4-7,16H,1-3H3. The molecule has 0 radical (unpaired) electrons. The Labute approximate surface area is 131 Å². The number of methoxy groups -OCH3 is 1. The molecule has 0 saturated heterocycles. The maximum atomic E-state index is 13.8. The van der Waals surface area contributed by atoms with Crippen LogP contribution in [-0.2, 0) is 14.8 Å². The molecule has 0 spiro atoms. The zero-order chi connectivity index (χ0) is 16.5. The largest absolute Gasteiger partial charge is 0.465 e. The van der Waals surface area contributed by atoms with E-state index in [1.54, 1.807) is 19.9 Å². The highest BCUT2D eigenvalue weighted by atomic mass is 32.2. The Bertz CT molecular complexity index is 827. The van der Waals surface area contributed by atoms with E-state index in [4.69, 9.17) is 0 Å². The number of anilines is 1. The highest BCUT2D eigenvalue weighted by Gasteiger charge is 2.28. The number of carbonyl (C=O) groups is 1. The molecular weight excluding hydrogens is 329 g/mol. The molecule has 1 aromatic heterocycles. The first-order chi connectivity index (χ1) is 10.3. The lowest BCUT2D eigenvalue weighted by atomic mass is 10.2. The molecule has 0 unspecified atom stereocenters. The molecule has 0 saturated carbocycles.